The fourth-order valence-corrected chi connectivity index (χ4v) is 1.87. The third kappa shape index (κ3) is 4.10. The van der Waals surface area contributed by atoms with Crippen LogP contribution in [0.4, 0.5) is 0 Å². The van der Waals surface area contributed by atoms with Gasteiger partial charge in [-0.15, -0.1) is 0 Å². The molecular weight excluding hydrogens is 162 g/mol. The molecule has 0 aliphatic heterocycles. The Labute approximate surface area is 81.7 Å². The van der Waals surface area contributed by atoms with Crippen molar-refractivity contribution in [3.05, 3.63) is 0 Å². The number of aliphatic hydroxyl groups excluding tert-OH is 1. The summed E-state index contributed by atoms with van der Waals surface area (Å²) in [6, 6.07) is 0. The Hall–Kier alpha value is -0.0800. The second kappa shape index (κ2) is 4.97. The summed E-state index contributed by atoms with van der Waals surface area (Å²) >= 11 is 0. The quantitative estimate of drug-likeness (QED) is 0.701. The van der Waals surface area contributed by atoms with E-state index in [-0.39, 0.29) is 12.1 Å². The van der Waals surface area contributed by atoms with E-state index in [9.17, 15) is 0 Å². The molecule has 0 aromatic heterocycles. The molecule has 1 aliphatic carbocycles. The molecule has 0 amide bonds. The van der Waals surface area contributed by atoms with Gasteiger partial charge in [-0.3, -0.25) is 0 Å². The third-order valence-corrected chi connectivity index (χ3v) is 2.99. The number of nitrogens with one attached hydrogen (secondary N) is 1. The summed E-state index contributed by atoms with van der Waals surface area (Å²) in [6.07, 6.45) is 6.95. The van der Waals surface area contributed by atoms with Gasteiger partial charge < -0.3 is 10.4 Å². The second-order valence-electron chi connectivity index (χ2n) is 4.93. The van der Waals surface area contributed by atoms with Crippen molar-refractivity contribution in [3.8, 4) is 0 Å². The van der Waals surface area contributed by atoms with Gasteiger partial charge in [0, 0.05) is 5.54 Å². The summed E-state index contributed by atoms with van der Waals surface area (Å²) in [7, 11) is 0. The average molecular weight is 185 g/mol. The molecule has 0 unspecified atom stereocenters. The van der Waals surface area contributed by atoms with Crippen LogP contribution in [-0.4, -0.2) is 23.8 Å². The standard InChI is InChI=1S/C11H23NO/c1-11(2,9-13)12-8-10-6-4-3-5-7-10/h10,12-13H,3-9H2,1-2H3. The highest BCUT2D eigenvalue weighted by Gasteiger charge is 2.19. The minimum Gasteiger partial charge on any atom is -0.394 e. The minimum absolute atomic E-state index is 0.0998. The van der Waals surface area contributed by atoms with E-state index in [1.54, 1.807) is 0 Å². The van der Waals surface area contributed by atoms with Crippen LogP contribution in [0, 0.1) is 5.92 Å². The second-order valence-corrected chi connectivity index (χ2v) is 4.93. The molecule has 1 saturated carbocycles. The van der Waals surface area contributed by atoms with Crippen molar-refractivity contribution in [1.82, 2.24) is 5.32 Å². The van der Waals surface area contributed by atoms with Gasteiger partial charge in [-0.2, -0.15) is 0 Å². The topological polar surface area (TPSA) is 32.3 Å². The van der Waals surface area contributed by atoms with Gasteiger partial charge in [0.2, 0.25) is 0 Å². The highest BCUT2D eigenvalue weighted by molar-refractivity contribution is 4.78. The molecule has 1 rings (SSSR count). The van der Waals surface area contributed by atoms with Gasteiger partial charge in [-0.25, -0.2) is 0 Å². The zero-order valence-electron chi connectivity index (χ0n) is 8.97. The van der Waals surface area contributed by atoms with Crippen LogP contribution >= 0.6 is 0 Å². The van der Waals surface area contributed by atoms with Gasteiger partial charge in [-0.1, -0.05) is 19.3 Å². The summed E-state index contributed by atoms with van der Waals surface area (Å²) in [6.45, 7) is 5.40. The van der Waals surface area contributed by atoms with Crippen molar-refractivity contribution >= 4 is 0 Å². The minimum atomic E-state index is -0.0998. The van der Waals surface area contributed by atoms with Gasteiger partial charge in [0.1, 0.15) is 0 Å². The molecule has 0 aromatic carbocycles. The molecule has 13 heavy (non-hydrogen) atoms. The molecule has 0 spiro atoms. The van der Waals surface area contributed by atoms with Gasteiger partial charge >= 0.3 is 0 Å². The van der Waals surface area contributed by atoms with Crippen LogP contribution < -0.4 is 5.32 Å². The summed E-state index contributed by atoms with van der Waals surface area (Å²) in [5.41, 5.74) is -0.0998. The van der Waals surface area contributed by atoms with Crippen molar-refractivity contribution in [2.75, 3.05) is 13.2 Å². The lowest BCUT2D eigenvalue weighted by Gasteiger charge is -2.28. The Morgan fingerprint density at radius 2 is 1.85 bits per heavy atom. The van der Waals surface area contributed by atoms with Gasteiger partial charge in [0.25, 0.3) is 0 Å². The molecule has 0 bridgehead atoms. The first-order valence-electron chi connectivity index (χ1n) is 5.50. The first-order chi connectivity index (χ1) is 6.14. The fraction of sp³-hybridized carbons (Fsp3) is 1.00. The summed E-state index contributed by atoms with van der Waals surface area (Å²) < 4.78 is 0. The number of aliphatic hydroxyl groups is 1. The monoisotopic (exact) mass is 185 g/mol. The van der Waals surface area contributed by atoms with Crippen molar-refractivity contribution in [2.45, 2.75) is 51.5 Å². The maximum absolute atomic E-state index is 9.06. The number of rotatable bonds is 4. The molecule has 78 valence electrons. The SMILES string of the molecule is CC(C)(CO)NCC1CCCCC1. The van der Waals surface area contributed by atoms with E-state index in [1.807, 2.05) is 0 Å². The zero-order valence-corrected chi connectivity index (χ0v) is 8.97. The first-order valence-corrected chi connectivity index (χ1v) is 5.50. The Kier molecular flexibility index (Phi) is 4.20. The lowest BCUT2D eigenvalue weighted by molar-refractivity contribution is 0.177. The molecule has 0 atom stereocenters. The summed E-state index contributed by atoms with van der Waals surface area (Å²) in [5, 5.41) is 12.5. The summed E-state index contributed by atoms with van der Waals surface area (Å²) in [5.74, 6) is 0.847. The van der Waals surface area contributed by atoms with E-state index in [1.165, 1.54) is 32.1 Å². The van der Waals surface area contributed by atoms with E-state index in [0.29, 0.717) is 0 Å². The lowest BCUT2D eigenvalue weighted by atomic mass is 9.88. The molecule has 0 radical (unpaired) electrons. The van der Waals surface area contributed by atoms with Crippen LogP contribution in [-0.2, 0) is 0 Å². The van der Waals surface area contributed by atoms with Crippen molar-refractivity contribution in [1.29, 1.82) is 0 Å². The number of hydrogen-bond acceptors (Lipinski definition) is 2. The zero-order chi connectivity index (χ0) is 9.73. The first kappa shape index (κ1) is 11.0. The molecule has 0 aromatic rings. The van der Waals surface area contributed by atoms with Crippen LogP contribution in [0.3, 0.4) is 0 Å². The Morgan fingerprint density at radius 3 is 2.38 bits per heavy atom. The lowest BCUT2D eigenvalue weighted by Crippen LogP contribution is -2.45. The predicted octanol–water partition coefficient (Wildman–Crippen LogP) is 1.93. The number of hydrogen-bond donors (Lipinski definition) is 2. The molecule has 1 fully saturated rings. The molecule has 2 nitrogen and oxygen atoms in total. The van der Waals surface area contributed by atoms with E-state index in [4.69, 9.17) is 5.11 Å². The normalized spacial score (nSPS) is 20.5. The molecule has 0 saturated heterocycles. The molecule has 2 N–H and O–H groups in total. The summed E-state index contributed by atoms with van der Waals surface area (Å²) in [4.78, 5) is 0. The smallest absolute Gasteiger partial charge is 0.0607 e. The Morgan fingerprint density at radius 1 is 1.23 bits per heavy atom. The van der Waals surface area contributed by atoms with Crippen molar-refractivity contribution < 1.29 is 5.11 Å². The predicted molar refractivity (Wildman–Crippen MR) is 55.7 cm³/mol. The average Bonchev–Trinajstić information content (AvgIpc) is 2.17. The van der Waals surface area contributed by atoms with Crippen LogP contribution in [0.2, 0.25) is 0 Å². The van der Waals surface area contributed by atoms with Crippen LogP contribution in [0.1, 0.15) is 46.0 Å². The highest BCUT2D eigenvalue weighted by atomic mass is 16.3. The van der Waals surface area contributed by atoms with Gasteiger partial charge in [0.05, 0.1) is 6.61 Å². The third-order valence-electron chi connectivity index (χ3n) is 2.99. The van der Waals surface area contributed by atoms with Gasteiger partial charge in [-0.05, 0) is 39.2 Å². The van der Waals surface area contributed by atoms with Crippen molar-refractivity contribution in [2.24, 2.45) is 5.92 Å². The largest absolute Gasteiger partial charge is 0.394 e. The Balaban J connectivity index is 2.17. The van der Waals surface area contributed by atoms with Crippen LogP contribution in [0.25, 0.3) is 0 Å². The molecular formula is C11H23NO. The van der Waals surface area contributed by atoms with Crippen molar-refractivity contribution in [3.63, 3.8) is 0 Å². The molecule has 1 aliphatic rings. The van der Waals surface area contributed by atoms with Crippen LogP contribution in [0.15, 0.2) is 0 Å². The van der Waals surface area contributed by atoms with Gasteiger partial charge in [0.15, 0.2) is 0 Å². The highest BCUT2D eigenvalue weighted by Crippen LogP contribution is 2.23. The van der Waals surface area contributed by atoms with E-state index >= 15 is 0 Å². The van der Waals surface area contributed by atoms with E-state index < -0.39 is 0 Å². The molecule has 0 heterocycles. The van der Waals surface area contributed by atoms with Crippen LogP contribution in [0.5, 0.6) is 0 Å². The van der Waals surface area contributed by atoms with E-state index in [2.05, 4.69) is 19.2 Å². The maximum atomic E-state index is 9.06. The molecule has 2 heteroatoms. The Bertz CT molecular complexity index is 139. The van der Waals surface area contributed by atoms with E-state index in [0.717, 1.165) is 12.5 Å². The maximum Gasteiger partial charge on any atom is 0.0607 e. The fourth-order valence-electron chi connectivity index (χ4n) is 1.87.